The van der Waals surface area contributed by atoms with Crippen LogP contribution in [0.3, 0.4) is 0 Å². The Morgan fingerprint density at radius 3 is 2.46 bits per heavy atom. The molecule has 3 aliphatic rings. The molecule has 0 aromatic carbocycles. The van der Waals surface area contributed by atoms with Crippen molar-refractivity contribution < 1.29 is 60.6 Å². The van der Waals surface area contributed by atoms with Crippen molar-refractivity contribution in [2.75, 3.05) is 12.3 Å². The number of phosphoric acid groups is 3. The number of anilines is 1. The highest BCUT2D eigenvalue weighted by atomic mass is 31.3. The fourth-order valence-corrected chi connectivity index (χ4v) is 7.64. The van der Waals surface area contributed by atoms with Crippen molar-refractivity contribution in [2.45, 2.75) is 56.0 Å². The number of fused-ring (bicyclic) bond motifs is 2. The van der Waals surface area contributed by atoms with Gasteiger partial charge in [0.05, 0.1) is 12.9 Å². The van der Waals surface area contributed by atoms with Gasteiger partial charge >= 0.3 is 23.5 Å². The summed E-state index contributed by atoms with van der Waals surface area (Å²) >= 11 is 0. The number of ether oxygens (including phenoxy) is 3. The standard InChI is InChI=1S/C15H22N5O14P3/c16-14-18-11-8(12(21)19-14)17-6-20(11)13-10-9(31-15(32-10)3-1-2-4-15)7(30-13)5-29-36(25,26)34-37(27,28)33-35(22,23)24/h6-7,9-10,13H,1-5H2,(H,25,26)(H,27,28)(H2,22,23,24)(H3,16,18,19,21)/t7-,9+,10+,13-/m1/s1. The zero-order chi connectivity index (χ0) is 26.8. The molecule has 19 nitrogen and oxygen atoms in total. The first-order chi connectivity index (χ1) is 17.2. The van der Waals surface area contributed by atoms with Crippen LogP contribution in [-0.2, 0) is 41.1 Å². The Bertz CT molecular complexity index is 1400. The second kappa shape index (κ2) is 9.27. The summed E-state index contributed by atoms with van der Waals surface area (Å²) in [5.41, 5.74) is 5.13. The van der Waals surface area contributed by atoms with Crippen LogP contribution >= 0.6 is 23.5 Å². The largest absolute Gasteiger partial charge is 0.490 e. The van der Waals surface area contributed by atoms with E-state index in [9.17, 15) is 28.3 Å². The second-order valence-electron chi connectivity index (χ2n) is 8.51. The Labute approximate surface area is 206 Å². The molecule has 206 valence electrons. The molecule has 0 amide bonds. The highest BCUT2D eigenvalue weighted by Gasteiger charge is 2.60. The Morgan fingerprint density at radius 2 is 1.78 bits per heavy atom. The number of H-pyrrole nitrogens is 1. The molecular weight excluding hydrogens is 567 g/mol. The molecule has 4 heterocycles. The van der Waals surface area contributed by atoms with Crippen LogP contribution in [0.5, 0.6) is 0 Å². The fraction of sp³-hybridized carbons (Fsp3) is 0.667. The van der Waals surface area contributed by atoms with E-state index in [0.717, 1.165) is 12.8 Å². The van der Waals surface area contributed by atoms with Crippen molar-refractivity contribution in [3.8, 4) is 0 Å². The van der Waals surface area contributed by atoms with E-state index in [1.807, 2.05) is 0 Å². The lowest BCUT2D eigenvalue weighted by Gasteiger charge is -2.27. The number of nitrogens with zero attached hydrogens (tertiary/aromatic N) is 3. The van der Waals surface area contributed by atoms with Crippen molar-refractivity contribution in [3.05, 3.63) is 16.7 Å². The molecule has 2 aliphatic heterocycles. The summed E-state index contributed by atoms with van der Waals surface area (Å²) in [4.78, 5) is 59.2. The minimum atomic E-state index is -5.69. The third kappa shape index (κ3) is 5.60. The molecule has 2 aromatic rings. The van der Waals surface area contributed by atoms with Gasteiger partial charge in [0.25, 0.3) is 5.56 Å². The van der Waals surface area contributed by atoms with Gasteiger partial charge in [0.15, 0.2) is 23.2 Å². The first-order valence-corrected chi connectivity index (χ1v) is 15.2. The number of nitrogens with two attached hydrogens (primary N) is 1. The van der Waals surface area contributed by atoms with Gasteiger partial charge in [0.2, 0.25) is 5.95 Å². The molecule has 1 spiro atoms. The summed E-state index contributed by atoms with van der Waals surface area (Å²) in [6, 6.07) is 0. The van der Waals surface area contributed by atoms with Gasteiger partial charge in [0, 0.05) is 12.8 Å². The SMILES string of the molecule is Nc1nc2c(ncn2[C@@H]2O[C@H](COP(=O)(O)OP(=O)(O)OP(=O)(O)O)[C@@H]3OC4(CCCC4)O[C@@H]32)c(=O)[nH]1. The molecule has 2 saturated heterocycles. The number of imidazole rings is 1. The van der Waals surface area contributed by atoms with Gasteiger partial charge in [-0.3, -0.25) is 18.9 Å². The van der Waals surface area contributed by atoms with Crippen LogP contribution in [0, 0.1) is 0 Å². The van der Waals surface area contributed by atoms with E-state index in [4.69, 9.17) is 34.3 Å². The lowest BCUT2D eigenvalue weighted by atomic mass is 10.1. The molecule has 2 aromatic heterocycles. The van der Waals surface area contributed by atoms with Gasteiger partial charge < -0.3 is 39.5 Å². The van der Waals surface area contributed by atoms with Crippen molar-refractivity contribution in [3.63, 3.8) is 0 Å². The summed E-state index contributed by atoms with van der Waals surface area (Å²) in [7, 11) is -16.6. The number of nitrogens with one attached hydrogen (secondary N) is 1. The molecule has 2 unspecified atom stereocenters. The zero-order valence-corrected chi connectivity index (χ0v) is 21.2. The summed E-state index contributed by atoms with van der Waals surface area (Å²) in [5.74, 6) is -1.11. The van der Waals surface area contributed by atoms with Crippen LogP contribution in [0.2, 0.25) is 0 Å². The van der Waals surface area contributed by atoms with Gasteiger partial charge in [-0.05, 0) is 12.8 Å². The predicted octanol–water partition coefficient (Wildman–Crippen LogP) is -0.00320. The molecule has 7 N–H and O–H groups in total. The maximum absolute atomic E-state index is 12.2. The van der Waals surface area contributed by atoms with E-state index in [2.05, 4.69) is 23.6 Å². The summed E-state index contributed by atoms with van der Waals surface area (Å²) in [6.45, 7) is -0.746. The van der Waals surface area contributed by atoms with Gasteiger partial charge in [0.1, 0.15) is 18.3 Å². The molecule has 1 saturated carbocycles. The van der Waals surface area contributed by atoms with Crippen molar-refractivity contribution in [1.29, 1.82) is 0 Å². The third-order valence-electron chi connectivity index (χ3n) is 5.90. The van der Waals surface area contributed by atoms with Crippen molar-refractivity contribution >= 4 is 40.6 Å². The molecule has 1 aliphatic carbocycles. The van der Waals surface area contributed by atoms with Gasteiger partial charge in [-0.15, -0.1) is 0 Å². The average Bonchev–Trinajstić information content (AvgIpc) is 3.49. The van der Waals surface area contributed by atoms with Crippen molar-refractivity contribution in [2.24, 2.45) is 0 Å². The normalized spacial score (nSPS) is 30.5. The number of aromatic amines is 1. The van der Waals surface area contributed by atoms with Crippen LogP contribution in [-0.4, -0.2) is 69.8 Å². The van der Waals surface area contributed by atoms with Crippen LogP contribution in [0.15, 0.2) is 11.1 Å². The highest BCUT2D eigenvalue weighted by Crippen LogP contribution is 2.66. The van der Waals surface area contributed by atoms with E-state index in [0.29, 0.717) is 12.8 Å². The van der Waals surface area contributed by atoms with Crippen LogP contribution in [0.25, 0.3) is 11.2 Å². The second-order valence-corrected chi connectivity index (χ2v) is 12.9. The molecule has 5 rings (SSSR count). The van der Waals surface area contributed by atoms with E-state index in [-0.39, 0.29) is 17.1 Å². The van der Waals surface area contributed by atoms with Crippen LogP contribution in [0.1, 0.15) is 31.9 Å². The number of phosphoric ester groups is 1. The predicted molar refractivity (Wildman–Crippen MR) is 117 cm³/mol. The summed E-state index contributed by atoms with van der Waals surface area (Å²) < 4.78 is 66.6. The number of hydrogen-bond donors (Lipinski definition) is 6. The monoisotopic (exact) mass is 589 g/mol. The Balaban J connectivity index is 1.38. The lowest BCUT2D eigenvalue weighted by Crippen LogP contribution is -2.34. The molecular formula is C15H22N5O14P3. The lowest BCUT2D eigenvalue weighted by molar-refractivity contribution is -0.215. The average molecular weight is 589 g/mol. The number of hydrogen-bond acceptors (Lipinski definition) is 13. The summed E-state index contributed by atoms with van der Waals surface area (Å²) in [6.07, 6.45) is 0.295. The first-order valence-electron chi connectivity index (χ1n) is 10.7. The van der Waals surface area contributed by atoms with Crippen LogP contribution in [0.4, 0.5) is 5.95 Å². The van der Waals surface area contributed by atoms with E-state index >= 15 is 0 Å². The van der Waals surface area contributed by atoms with E-state index in [1.54, 1.807) is 0 Å². The number of rotatable bonds is 8. The molecule has 6 atom stereocenters. The molecule has 0 radical (unpaired) electrons. The third-order valence-corrected chi connectivity index (χ3v) is 9.70. The maximum atomic E-state index is 12.2. The van der Waals surface area contributed by atoms with Crippen LogP contribution < -0.4 is 11.3 Å². The maximum Gasteiger partial charge on any atom is 0.490 e. The van der Waals surface area contributed by atoms with E-state index < -0.39 is 66.0 Å². The van der Waals surface area contributed by atoms with Gasteiger partial charge in [-0.1, -0.05) is 0 Å². The molecule has 3 fully saturated rings. The van der Waals surface area contributed by atoms with Gasteiger partial charge in [-0.25, -0.2) is 18.7 Å². The molecule has 22 heteroatoms. The smallest absolute Gasteiger partial charge is 0.369 e. The molecule has 0 bridgehead atoms. The molecule has 37 heavy (non-hydrogen) atoms. The van der Waals surface area contributed by atoms with E-state index in [1.165, 1.54) is 10.9 Å². The number of nitrogen functional groups attached to an aromatic ring is 1. The van der Waals surface area contributed by atoms with Gasteiger partial charge in [-0.2, -0.15) is 13.6 Å². The topological polar surface area (TPSA) is 277 Å². The highest BCUT2D eigenvalue weighted by molar-refractivity contribution is 7.66. The quantitative estimate of drug-likeness (QED) is 0.221. The Morgan fingerprint density at radius 1 is 1.11 bits per heavy atom. The fourth-order valence-electron chi connectivity index (χ4n) is 4.61. The zero-order valence-electron chi connectivity index (χ0n) is 18.6. The Kier molecular flexibility index (Phi) is 6.77. The minimum Gasteiger partial charge on any atom is -0.369 e. The Hall–Kier alpha value is -1.56. The van der Waals surface area contributed by atoms with Crippen molar-refractivity contribution in [1.82, 2.24) is 19.5 Å². The number of aromatic nitrogens is 4. The first kappa shape index (κ1) is 27.0. The summed E-state index contributed by atoms with van der Waals surface area (Å²) in [5, 5.41) is 0. The minimum absolute atomic E-state index is 0.0273.